The molecule has 1 aromatic heterocycles. The Morgan fingerprint density at radius 3 is 2.58 bits per heavy atom. The van der Waals surface area contributed by atoms with Crippen molar-refractivity contribution in [3.63, 3.8) is 0 Å². The van der Waals surface area contributed by atoms with Gasteiger partial charge in [-0.05, 0) is 62.2 Å². The predicted octanol–water partition coefficient (Wildman–Crippen LogP) is 5.77. The van der Waals surface area contributed by atoms with Crippen LogP contribution in [0.4, 0.5) is 17.6 Å². The van der Waals surface area contributed by atoms with Gasteiger partial charge in [0.1, 0.15) is 35.4 Å². The van der Waals surface area contributed by atoms with Crippen molar-refractivity contribution in [2.24, 2.45) is 0 Å². The average Bonchev–Trinajstić information content (AvgIpc) is 3.61. The molecule has 1 fully saturated rings. The number of halogens is 5. The molecule has 12 heteroatoms. The zero-order valence-electron chi connectivity index (χ0n) is 21.4. The number of amides is 1. The predicted molar refractivity (Wildman–Crippen MR) is 137 cm³/mol. The number of rotatable bonds is 8. The second kappa shape index (κ2) is 10.4. The van der Waals surface area contributed by atoms with E-state index in [1.807, 2.05) is 0 Å². The van der Waals surface area contributed by atoms with Gasteiger partial charge in [-0.2, -0.15) is 13.2 Å². The van der Waals surface area contributed by atoms with E-state index in [4.69, 9.17) is 25.8 Å². The average molecular weight is 581 g/mol. The Kier molecular flexibility index (Phi) is 7.30. The molecule has 2 heterocycles. The lowest BCUT2D eigenvalue weighted by Crippen LogP contribution is -2.39. The Morgan fingerprint density at radius 2 is 1.93 bits per heavy atom. The van der Waals surface area contributed by atoms with Gasteiger partial charge in [0, 0.05) is 16.7 Å². The molecule has 40 heavy (non-hydrogen) atoms. The van der Waals surface area contributed by atoms with Crippen LogP contribution in [0.2, 0.25) is 5.02 Å². The zero-order valence-corrected chi connectivity index (χ0v) is 22.2. The highest BCUT2D eigenvalue weighted by molar-refractivity contribution is 6.31. The third-order valence-electron chi connectivity index (χ3n) is 6.75. The molecule has 0 spiro atoms. The molecule has 2 N–H and O–H groups in total. The highest BCUT2D eigenvalue weighted by atomic mass is 35.5. The summed E-state index contributed by atoms with van der Waals surface area (Å²) in [6.45, 7) is 0.253. The van der Waals surface area contributed by atoms with E-state index in [0.29, 0.717) is 11.5 Å². The number of aromatic nitrogens is 1. The van der Waals surface area contributed by atoms with Crippen LogP contribution in [-0.2, 0) is 5.60 Å². The first kappa shape index (κ1) is 28.0. The lowest BCUT2D eigenvalue weighted by atomic mass is 9.93. The summed E-state index contributed by atoms with van der Waals surface area (Å²) in [4.78, 5) is 17.3. The summed E-state index contributed by atoms with van der Waals surface area (Å²) < 4.78 is 71.7. The van der Waals surface area contributed by atoms with Crippen LogP contribution in [0.1, 0.15) is 47.3 Å². The van der Waals surface area contributed by atoms with Crippen molar-refractivity contribution >= 4 is 17.5 Å². The van der Waals surface area contributed by atoms with E-state index in [0.717, 1.165) is 25.0 Å². The molecule has 1 aliphatic heterocycles. The summed E-state index contributed by atoms with van der Waals surface area (Å²) in [5, 5.41) is 13.6. The van der Waals surface area contributed by atoms with Gasteiger partial charge in [0.15, 0.2) is 11.5 Å². The molecule has 3 aromatic rings. The number of aliphatic hydroxyl groups is 1. The van der Waals surface area contributed by atoms with E-state index in [-0.39, 0.29) is 51.5 Å². The molecule has 0 unspecified atom stereocenters. The summed E-state index contributed by atoms with van der Waals surface area (Å²) in [7, 11) is 1.45. The molecule has 1 aliphatic carbocycles. The summed E-state index contributed by atoms with van der Waals surface area (Å²) in [5.74, 6) is -2.49. The number of alkyl halides is 3. The SMILES string of the molecule is COc1cc(C(=O)NC[C@](C)(O)c2cc3c(c(-c4ccc(F)c(Cl)c4)n2)OC[C@H]3C(F)(F)F)ccc1OC1CC1. The molecule has 7 nitrogen and oxygen atoms in total. The Morgan fingerprint density at radius 1 is 1.18 bits per heavy atom. The Hall–Kier alpha value is -3.57. The van der Waals surface area contributed by atoms with Crippen molar-refractivity contribution < 1.29 is 41.7 Å². The minimum atomic E-state index is -4.63. The first-order chi connectivity index (χ1) is 18.9. The van der Waals surface area contributed by atoms with Crippen LogP contribution in [0.15, 0.2) is 42.5 Å². The van der Waals surface area contributed by atoms with Gasteiger partial charge < -0.3 is 24.6 Å². The molecule has 2 aliphatic rings. The molecule has 1 saturated carbocycles. The van der Waals surface area contributed by atoms with E-state index in [9.17, 15) is 27.5 Å². The summed E-state index contributed by atoms with van der Waals surface area (Å²) in [5.41, 5.74) is -1.88. The minimum absolute atomic E-state index is 0.0382. The molecule has 2 atom stereocenters. The van der Waals surface area contributed by atoms with E-state index < -0.39 is 36.0 Å². The van der Waals surface area contributed by atoms with Crippen molar-refractivity contribution in [1.82, 2.24) is 10.3 Å². The maximum Gasteiger partial charge on any atom is 0.399 e. The van der Waals surface area contributed by atoms with Crippen LogP contribution in [0.25, 0.3) is 11.3 Å². The normalized spacial score (nSPS) is 17.9. The number of ether oxygens (including phenoxy) is 3. The number of nitrogens with zero attached hydrogens (tertiary/aromatic N) is 1. The van der Waals surface area contributed by atoms with Crippen LogP contribution >= 0.6 is 11.6 Å². The largest absolute Gasteiger partial charge is 0.493 e. The van der Waals surface area contributed by atoms with Gasteiger partial charge in [0.05, 0.1) is 30.5 Å². The van der Waals surface area contributed by atoms with Crippen molar-refractivity contribution in [2.45, 2.75) is 43.6 Å². The van der Waals surface area contributed by atoms with Gasteiger partial charge in [-0.25, -0.2) is 9.37 Å². The second-order valence-corrected chi connectivity index (χ2v) is 10.4. The molecule has 0 bridgehead atoms. The third kappa shape index (κ3) is 5.66. The van der Waals surface area contributed by atoms with Gasteiger partial charge in [-0.1, -0.05) is 11.6 Å². The van der Waals surface area contributed by atoms with Gasteiger partial charge in [0.2, 0.25) is 0 Å². The quantitative estimate of drug-likeness (QED) is 0.329. The van der Waals surface area contributed by atoms with Gasteiger partial charge >= 0.3 is 6.18 Å². The van der Waals surface area contributed by atoms with Crippen LogP contribution in [-0.4, -0.2) is 48.5 Å². The Labute approximate surface area is 232 Å². The standard InChI is InChI=1S/C28H25ClF4N2O5/c1-27(37,13-34-26(36)15-4-8-21(22(10-15)38-2)40-16-5-6-16)23-11-17-18(28(31,32)33)12-39-25(17)24(35-23)14-3-7-20(30)19(29)9-14/h3-4,7-11,16,18,37H,5-6,12-13H2,1-2H3,(H,34,36)/t18-,27+/m1/s1. The van der Waals surface area contributed by atoms with Gasteiger partial charge in [-0.15, -0.1) is 0 Å². The fourth-order valence-electron chi connectivity index (χ4n) is 4.32. The Balaban J connectivity index is 1.44. The molecular formula is C28H25ClF4N2O5. The molecule has 0 radical (unpaired) electrons. The molecule has 2 aromatic carbocycles. The summed E-state index contributed by atoms with van der Waals surface area (Å²) in [6.07, 6.45) is -2.61. The smallest absolute Gasteiger partial charge is 0.399 e. The van der Waals surface area contributed by atoms with Crippen molar-refractivity contribution in [1.29, 1.82) is 0 Å². The monoisotopic (exact) mass is 580 g/mol. The Bertz CT molecular complexity index is 1460. The number of fused-ring (bicyclic) bond motifs is 1. The molecule has 1 amide bonds. The maximum atomic E-state index is 13.8. The molecule has 212 valence electrons. The van der Waals surface area contributed by atoms with Crippen LogP contribution in [0.3, 0.4) is 0 Å². The molecular weight excluding hydrogens is 556 g/mol. The second-order valence-electron chi connectivity index (χ2n) is 9.95. The molecule has 5 rings (SSSR count). The topological polar surface area (TPSA) is 89.9 Å². The number of hydrogen-bond donors (Lipinski definition) is 2. The summed E-state index contributed by atoms with van der Waals surface area (Å²) >= 11 is 5.91. The number of nitrogens with one attached hydrogen (secondary N) is 1. The van der Waals surface area contributed by atoms with Gasteiger partial charge in [-0.3, -0.25) is 4.79 Å². The van der Waals surface area contributed by atoms with Crippen LogP contribution < -0.4 is 19.5 Å². The van der Waals surface area contributed by atoms with Crippen LogP contribution in [0.5, 0.6) is 17.2 Å². The van der Waals surface area contributed by atoms with Crippen molar-refractivity contribution in [3.05, 3.63) is 70.1 Å². The lowest BCUT2D eigenvalue weighted by Gasteiger charge is -2.25. The van der Waals surface area contributed by atoms with Crippen molar-refractivity contribution in [2.75, 3.05) is 20.3 Å². The zero-order chi connectivity index (χ0) is 28.8. The van der Waals surface area contributed by atoms with E-state index in [1.54, 1.807) is 12.1 Å². The van der Waals surface area contributed by atoms with Gasteiger partial charge in [0.25, 0.3) is 5.91 Å². The van der Waals surface area contributed by atoms with Crippen LogP contribution in [0, 0.1) is 5.82 Å². The summed E-state index contributed by atoms with van der Waals surface area (Å²) in [6, 6.07) is 9.35. The van der Waals surface area contributed by atoms with E-state index in [2.05, 4.69) is 10.3 Å². The van der Waals surface area contributed by atoms with E-state index in [1.165, 1.54) is 32.2 Å². The minimum Gasteiger partial charge on any atom is -0.493 e. The number of benzene rings is 2. The number of pyridine rings is 1. The highest BCUT2D eigenvalue weighted by Crippen LogP contribution is 2.48. The van der Waals surface area contributed by atoms with E-state index >= 15 is 0 Å². The number of methoxy groups -OCH3 is 1. The lowest BCUT2D eigenvalue weighted by molar-refractivity contribution is -0.151. The number of hydrogen-bond acceptors (Lipinski definition) is 6. The highest BCUT2D eigenvalue weighted by Gasteiger charge is 2.47. The first-order valence-corrected chi connectivity index (χ1v) is 12.8. The number of carbonyl (C=O) groups is 1. The third-order valence-corrected chi connectivity index (χ3v) is 7.04. The fourth-order valence-corrected chi connectivity index (χ4v) is 4.50. The fraction of sp³-hybridized carbons (Fsp3) is 0.357. The maximum absolute atomic E-state index is 13.8. The number of carbonyl (C=O) groups excluding carboxylic acids is 1. The van der Waals surface area contributed by atoms with Crippen molar-refractivity contribution in [3.8, 4) is 28.5 Å². The first-order valence-electron chi connectivity index (χ1n) is 12.4. The molecule has 0 saturated heterocycles.